The molecule has 0 aliphatic carbocycles. The number of benzene rings is 2. The largest absolute Gasteiger partial charge is 0.493 e. The number of anilines is 1. The number of nitrogens with zero attached hydrogens (tertiary/aromatic N) is 1. The van der Waals surface area contributed by atoms with Crippen molar-refractivity contribution in [2.45, 2.75) is 0 Å². The summed E-state index contributed by atoms with van der Waals surface area (Å²) in [6.45, 7) is 0. The second kappa shape index (κ2) is 7.12. The number of carboxylic acids is 1. The Morgan fingerprint density at radius 3 is 2.64 bits per heavy atom. The summed E-state index contributed by atoms with van der Waals surface area (Å²) in [4.78, 5) is 10.9. The van der Waals surface area contributed by atoms with Crippen LogP contribution in [0.1, 0.15) is 15.9 Å². The Hall–Kier alpha value is -3.02. The minimum absolute atomic E-state index is 0.194. The van der Waals surface area contributed by atoms with Gasteiger partial charge < -0.3 is 14.6 Å². The van der Waals surface area contributed by atoms with E-state index < -0.39 is 5.97 Å². The van der Waals surface area contributed by atoms with Crippen LogP contribution in [-0.4, -0.2) is 31.5 Å². The topological polar surface area (TPSA) is 80.2 Å². The van der Waals surface area contributed by atoms with E-state index in [4.69, 9.17) is 14.6 Å². The van der Waals surface area contributed by atoms with Crippen LogP contribution in [0.4, 0.5) is 5.69 Å². The van der Waals surface area contributed by atoms with Crippen molar-refractivity contribution >= 4 is 17.9 Å². The molecule has 6 nitrogen and oxygen atoms in total. The molecular formula is C16H16N2O4. The number of para-hydroxylation sites is 1. The van der Waals surface area contributed by atoms with Gasteiger partial charge >= 0.3 is 5.97 Å². The Morgan fingerprint density at radius 2 is 1.95 bits per heavy atom. The summed E-state index contributed by atoms with van der Waals surface area (Å²) in [5.74, 6) is 0.205. The van der Waals surface area contributed by atoms with E-state index in [2.05, 4.69) is 10.5 Å². The molecule has 6 heteroatoms. The van der Waals surface area contributed by atoms with Gasteiger partial charge in [-0.25, -0.2) is 4.79 Å². The summed E-state index contributed by atoms with van der Waals surface area (Å²) >= 11 is 0. The third kappa shape index (κ3) is 3.54. The minimum atomic E-state index is -0.984. The summed E-state index contributed by atoms with van der Waals surface area (Å²) in [5, 5.41) is 13.0. The second-order valence-corrected chi connectivity index (χ2v) is 4.34. The summed E-state index contributed by atoms with van der Waals surface area (Å²) in [7, 11) is 3.12. The smallest absolute Gasteiger partial charge is 0.335 e. The van der Waals surface area contributed by atoms with Crippen molar-refractivity contribution in [2.75, 3.05) is 19.6 Å². The fourth-order valence-electron chi connectivity index (χ4n) is 1.91. The van der Waals surface area contributed by atoms with E-state index in [1.807, 2.05) is 12.1 Å². The third-order valence-electron chi connectivity index (χ3n) is 2.94. The predicted molar refractivity (Wildman–Crippen MR) is 84.2 cm³/mol. The van der Waals surface area contributed by atoms with Crippen LogP contribution >= 0.6 is 0 Å². The van der Waals surface area contributed by atoms with Gasteiger partial charge in [0.25, 0.3) is 0 Å². The third-order valence-corrected chi connectivity index (χ3v) is 2.94. The molecule has 0 fully saturated rings. The zero-order valence-corrected chi connectivity index (χ0v) is 12.2. The lowest BCUT2D eigenvalue weighted by Gasteiger charge is -2.09. The Balaban J connectivity index is 2.16. The SMILES string of the molecule is COc1cccc(/C=N/Nc2cccc(C(=O)O)c2)c1OC. The van der Waals surface area contributed by atoms with Gasteiger partial charge in [-0.05, 0) is 30.3 Å². The van der Waals surface area contributed by atoms with Gasteiger partial charge in [-0.1, -0.05) is 12.1 Å². The van der Waals surface area contributed by atoms with Crippen LogP contribution < -0.4 is 14.9 Å². The molecule has 0 radical (unpaired) electrons. The number of carboxylic acid groups (broad SMARTS) is 1. The standard InChI is InChI=1S/C16H16N2O4/c1-21-14-8-4-6-12(15(14)22-2)10-17-18-13-7-3-5-11(9-13)16(19)20/h3-10,18H,1-2H3,(H,19,20)/b17-10+. The Kier molecular flexibility index (Phi) is 4.98. The number of carbonyl (C=O) groups is 1. The van der Waals surface area contributed by atoms with Crippen molar-refractivity contribution in [1.29, 1.82) is 0 Å². The van der Waals surface area contributed by atoms with Gasteiger partial charge in [-0.15, -0.1) is 0 Å². The number of aromatic carboxylic acids is 1. The first-order valence-electron chi connectivity index (χ1n) is 6.49. The number of rotatable bonds is 6. The predicted octanol–water partition coefficient (Wildman–Crippen LogP) is 2.85. The van der Waals surface area contributed by atoms with Crippen molar-refractivity contribution in [2.24, 2.45) is 5.10 Å². The zero-order valence-electron chi connectivity index (χ0n) is 12.2. The molecule has 2 N–H and O–H groups in total. The number of ether oxygens (including phenoxy) is 2. The van der Waals surface area contributed by atoms with Gasteiger partial charge in [0.15, 0.2) is 11.5 Å². The van der Waals surface area contributed by atoms with E-state index >= 15 is 0 Å². The molecule has 0 aromatic heterocycles. The minimum Gasteiger partial charge on any atom is -0.493 e. The molecule has 0 aliphatic rings. The first kappa shape index (κ1) is 15.4. The molecule has 0 spiro atoms. The zero-order chi connectivity index (χ0) is 15.9. The Bertz CT molecular complexity index is 698. The molecule has 0 bridgehead atoms. The molecule has 2 aromatic carbocycles. The average Bonchev–Trinajstić information content (AvgIpc) is 2.54. The summed E-state index contributed by atoms with van der Waals surface area (Å²) < 4.78 is 10.5. The quantitative estimate of drug-likeness (QED) is 0.633. The van der Waals surface area contributed by atoms with Crippen LogP contribution in [0.15, 0.2) is 47.6 Å². The number of hydrogen-bond acceptors (Lipinski definition) is 5. The van der Waals surface area contributed by atoms with Crippen LogP contribution in [0.3, 0.4) is 0 Å². The van der Waals surface area contributed by atoms with Crippen LogP contribution in [0.5, 0.6) is 11.5 Å². The van der Waals surface area contributed by atoms with Crippen LogP contribution in [0.2, 0.25) is 0 Å². The molecule has 0 unspecified atom stereocenters. The molecule has 2 rings (SSSR count). The molecular weight excluding hydrogens is 284 g/mol. The molecule has 0 saturated heterocycles. The van der Waals surface area contributed by atoms with Crippen LogP contribution in [0.25, 0.3) is 0 Å². The fourth-order valence-corrected chi connectivity index (χ4v) is 1.91. The van der Waals surface area contributed by atoms with Gasteiger partial charge in [0.2, 0.25) is 0 Å². The van der Waals surface area contributed by atoms with E-state index in [-0.39, 0.29) is 5.56 Å². The molecule has 0 aliphatic heterocycles. The lowest BCUT2D eigenvalue weighted by Crippen LogP contribution is -1.99. The number of hydrazone groups is 1. The highest BCUT2D eigenvalue weighted by atomic mass is 16.5. The van der Waals surface area contributed by atoms with Gasteiger partial charge in [0.05, 0.1) is 31.7 Å². The maximum absolute atomic E-state index is 10.9. The van der Waals surface area contributed by atoms with E-state index in [1.54, 1.807) is 38.6 Å². The molecule has 0 heterocycles. The van der Waals surface area contributed by atoms with E-state index in [9.17, 15) is 4.79 Å². The maximum Gasteiger partial charge on any atom is 0.335 e. The monoisotopic (exact) mass is 300 g/mol. The Labute approximate surface area is 128 Å². The normalized spacial score (nSPS) is 10.5. The summed E-state index contributed by atoms with van der Waals surface area (Å²) in [6, 6.07) is 11.8. The lowest BCUT2D eigenvalue weighted by atomic mass is 10.2. The van der Waals surface area contributed by atoms with Gasteiger partial charge in [-0.2, -0.15) is 5.10 Å². The molecule has 22 heavy (non-hydrogen) atoms. The van der Waals surface area contributed by atoms with Gasteiger partial charge in [-0.3, -0.25) is 5.43 Å². The van der Waals surface area contributed by atoms with Crippen molar-refractivity contribution in [3.05, 3.63) is 53.6 Å². The lowest BCUT2D eigenvalue weighted by molar-refractivity contribution is 0.0697. The van der Waals surface area contributed by atoms with E-state index in [0.29, 0.717) is 17.2 Å². The maximum atomic E-state index is 10.9. The number of methoxy groups -OCH3 is 2. The van der Waals surface area contributed by atoms with Crippen LogP contribution in [0, 0.1) is 0 Å². The highest BCUT2D eigenvalue weighted by Gasteiger charge is 2.07. The fraction of sp³-hybridized carbons (Fsp3) is 0.125. The number of nitrogens with one attached hydrogen (secondary N) is 1. The van der Waals surface area contributed by atoms with Crippen LogP contribution in [-0.2, 0) is 0 Å². The molecule has 0 saturated carbocycles. The highest BCUT2D eigenvalue weighted by Crippen LogP contribution is 2.29. The second-order valence-electron chi connectivity index (χ2n) is 4.34. The van der Waals surface area contributed by atoms with Crippen molar-refractivity contribution < 1.29 is 19.4 Å². The van der Waals surface area contributed by atoms with Crippen molar-refractivity contribution in [1.82, 2.24) is 0 Å². The van der Waals surface area contributed by atoms with Gasteiger partial charge in [0, 0.05) is 5.56 Å². The van der Waals surface area contributed by atoms with Crippen molar-refractivity contribution in [3.63, 3.8) is 0 Å². The molecule has 114 valence electrons. The first-order valence-corrected chi connectivity index (χ1v) is 6.49. The first-order chi connectivity index (χ1) is 10.7. The highest BCUT2D eigenvalue weighted by molar-refractivity contribution is 5.89. The Morgan fingerprint density at radius 1 is 1.18 bits per heavy atom. The van der Waals surface area contributed by atoms with Gasteiger partial charge in [0.1, 0.15) is 0 Å². The summed E-state index contributed by atoms with van der Waals surface area (Å²) in [5.41, 5.74) is 4.30. The molecule has 0 atom stereocenters. The molecule has 2 aromatic rings. The summed E-state index contributed by atoms with van der Waals surface area (Å²) in [6.07, 6.45) is 1.58. The average molecular weight is 300 g/mol. The number of hydrogen-bond donors (Lipinski definition) is 2. The molecule has 0 amide bonds. The van der Waals surface area contributed by atoms with E-state index in [1.165, 1.54) is 12.1 Å². The van der Waals surface area contributed by atoms with E-state index in [0.717, 1.165) is 5.56 Å². The van der Waals surface area contributed by atoms with Crippen molar-refractivity contribution in [3.8, 4) is 11.5 Å².